The normalized spacial score (nSPS) is 13.5. The average Bonchev–Trinajstić information content (AvgIpc) is 2.47. The van der Waals surface area contributed by atoms with Gasteiger partial charge in [0.25, 0.3) is 0 Å². The lowest BCUT2D eigenvalue weighted by Crippen LogP contribution is -2.44. The SMILES string of the molecule is COc1cccc(NC(C)(CN)Cc2cccc(F)c2)c1. The molecule has 0 saturated heterocycles. The van der Waals surface area contributed by atoms with Crippen LogP contribution in [-0.2, 0) is 6.42 Å². The third-order valence-corrected chi connectivity index (χ3v) is 3.45. The van der Waals surface area contributed by atoms with E-state index >= 15 is 0 Å². The fraction of sp³-hybridized carbons (Fsp3) is 0.294. The lowest BCUT2D eigenvalue weighted by Gasteiger charge is -2.31. The number of anilines is 1. The highest BCUT2D eigenvalue weighted by Gasteiger charge is 2.23. The monoisotopic (exact) mass is 288 g/mol. The standard InChI is InChI=1S/C17H21FN2O/c1-17(12-19,11-13-5-3-6-14(18)9-13)20-15-7-4-8-16(10-15)21-2/h3-10,20H,11-12,19H2,1-2H3. The second-order valence-corrected chi connectivity index (χ2v) is 5.43. The first-order valence-electron chi connectivity index (χ1n) is 6.91. The predicted octanol–water partition coefficient (Wildman–Crippen LogP) is 3.21. The molecular formula is C17H21FN2O. The number of rotatable bonds is 6. The molecule has 0 amide bonds. The number of benzene rings is 2. The van der Waals surface area contributed by atoms with Gasteiger partial charge in [-0.1, -0.05) is 18.2 Å². The summed E-state index contributed by atoms with van der Waals surface area (Å²) in [6.45, 7) is 2.46. The Labute approximate surface area is 124 Å². The molecule has 3 nitrogen and oxygen atoms in total. The van der Waals surface area contributed by atoms with Gasteiger partial charge in [0.2, 0.25) is 0 Å². The van der Waals surface area contributed by atoms with Crippen LogP contribution in [0, 0.1) is 5.82 Å². The summed E-state index contributed by atoms with van der Waals surface area (Å²) in [6, 6.07) is 14.3. The van der Waals surface area contributed by atoms with Crippen LogP contribution in [0.15, 0.2) is 48.5 Å². The molecule has 3 N–H and O–H groups in total. The van der Waals surface area contributed by atoms with Gasteiger partial charge in [-0.05, 0) is 43.2 Å². The Morgan fingerprint density at radius 3 is 2.62 bits per heavy atom. The summed E-state index contributed by atoms with van der Waals surface area (Å²) in [4.78, 5) is 0. The number of nitrogens with two attached hydrogens (primary N) is 1. The Bertz CT molecular complexity index is 603. The molecule has 4 heteroatoms. The Hall–Kier alpha value is -2.07. The predicted molar refractivity (Wildman–Crippen MR) is 84.2 cm³/mol. The second kappa shape index (κ2) is 6.59. The maximum Gasteiger partial charge on any atom is 0.123 e. The molecule has 0 saturated carbocycles. The van der Waals surface area contributed by atoms with Gasteiger partial charge < -0.3 is 15.8 Å². The van der Waals surface area contributed by atoms with Crippen LogP contribution in [0.25, 0.3) is 0 Å². The molecule has 0 spiro atoms. The molecule has 0 radical (unpaired) electrons. The quantitative estimate of drug-likeness (QED) is 0.858. The topological polar surface area (TPSA) is 47.3 Å². The lowest BCUT2D eigenvalue weighted by atomic mass is 9.92. The van der Waals surface area contributed by atoms with Crippen LogP contribution < -0.4 is 15.8 Å². The molecule has 0 aromatic heterocycles. The van der Waals surface area contributed by atoms with Gasteiger partial charge in [0, 0.05) is 18.3 Å². The molecule has 112 valence electrons. The van der Waals surface area contributed by atoms with Crippen LogP contribution in [0.1, 0.15) is 12.5 Å². The number of nitrogens with one attached hydrogen (secondary N) is 1. The van der Waals surface area contributed by atoms with E-state index in [1.54, 1.807) is 19.2 Å². The summed E-state index contributed by atoms with van der Waals surface area (Å²) in [5.41, 5.74) is 7.41. The van der Waals surface area contributed by atoms with Crippen LogP contribution in [-0.4, -0.2) is 19.2 Å². The molecule has 0 heterocycles. The van der Waals surface area contributed by atoms with Gasteiger partial charge in [0.05, 0.1) is 12.6 Å². The van der Waals surface area contributed by atoms with Crippen LogP contribution in [0.3, 0.4) is 0 Å². The van der Waals surface area contributed by atoms with E-state index in [2.05, 4.69) is 5.32 Å². The van der Waals surface area contributed by atoms with Crippen LogP contribution in [0.5, 0.6) is 5.75 Å². The molecule has 2 aromatic rings. The number of ether oxygens (including phenoxy) is 1. The maximum absolute atomic E-state index is 13.3. The largest absolute Gasteiger partial charge is 0.497 e. The van der Waals surface area contributed by atoms with Crippen molar-refractivity contribution in [2.75, 3.05) is 19.0 Å². The van der Waals surface area contributed by atoms with Gasteiger partial charge in [0.1, 0.15) is 11.6 Å². The minimum absolute atomic E-state index is 0.228. The summed E-state index contributed by atoms with van der Waals surface area (Å²) < 4.78 is 18.5. The third kappa shape index (κ3) is 4.20. The van der Waals surface area contributed by atoms with Crippen molar-refractivity contribution < 1.29 is 9.13 Å². The zero-order chi connectivity index (χ0) is 15.3. The van der Waals surface area contributed by atoms with Gasteiger partial charge in [-0.15, -0.1) is 0 Å². The smallest absolute Gasteiger partial charge is 0.123 e. The van der Waals surface area contributed by atoms with Gasteiger partial charge in [-0.3, -0.25) is 0 Å². The van der Waals surface area contributed by atoms with Crippen molar-refractivity contribution in [2.45, 2.75) is 18.9 Å². The number of hydrogen-bond acceptors (Lipinski definition) is 3. The Balaban J connectivity index is 2.16. The Morgan fingerprint density at radius 2 is 1.95 bits per heavy atom. The van der Waals surface area contributed by atoms with E-state index in [4.69, 9.17) is 10.5 Å². The van der Waals surface area contributed by atoms with Crippen molar-refractivity contribution in [1.82, 2.24) is 0 Å². The van der Waals surface area contributed by atoms with E-state index in [-0.39, 0.29) is 11.4 Å². The van der Waals surface area contributed by atoms with E-state index in [1.165, 1.54) is 6.07 Å². The van der Waals surface area contributed by atoms with Crippen molar-refractivity contribution in [3.05, 3.63) is 59.9 Å². The minimum Gasteiger partial charge on any atom is -0.497 e. The fourth-order valence-corrected chi connectivity index (χ4v) is 2.31. The molecule has 0 aliphatic carbocycles. The lowest BCUT2D eigenvalue weighted by molar-refractivity contribution is 0.414. The highest BCUT2D eigenvalue weighted by Crippen LogP contribution is 2.23. The highest BCUT2D eigenvalue weighted by molar-refractivity contribution is 5.50. The van der Waals surface area contributed by atoms with Crippen LogP contribution in [0.2, 0.25) is 0 Å². The molecule has 0 aliphatic heterocycles. The Morgan fingerprint density at radius 1 is 1.19 bits per heavy atom. The van der Waals surface area contributed by atoms with E-state index in [1.807, 2.05) is 37.3 Å². The molecule has 21 heavy (non-hydrogen) atoms. The van der Waals surface area contributed by atoms with E-state index in [0.29, 0.717) is 13.0 Å². The molecule has 1 atom stereocenters. The molecule has 2 aromatic carbocycles. The second-order valence-electron chi connectivity index (χ2n) is 5.43. The number of methoxy groups -OCH3 is 1. The zero-order valence-corrected chi connectivity index (χ0v) is 12.4. The summed E-state index contributed by atoms with van der Waals surface area (Å²) in [5, 5.41) is 3.42. The fourth-order valence-electron chi connectivity index (χ4n) is 2.31. The zero-order valence-electron chi connectivity index (χ0n) is 12.4. The molecular weight excluding hydrogens is 267 g/mol. The van der Waals surface area contributed by atoms with Crippen molar-refractivity contribution in [3.8, 4) is 5.75 Å². The van der Waals surface area contributed by atoms with Crippen LogP contribution in [0.4, 0.5) is 10.1 Å². The number of hydrogen-bond donors (Lipinski definition) is 2. The van der Waals surface area contributed by atoms with Gasteiger partial charge in [0.15, 0.2) is 0 Å². The van der Waals surface area contributed by atoms with Gasteiger partial charge in [-0.2, -0.15) is 0 Å². The van der Waals surface area contributed by atoms with Gasteiger partial charge >= 0.3 is 0 Å². The molecule has 1 unspecified atom stereocenters. The summed E-state index contributed by atoms with van der Waals surface area (Å²) in [7, 11) is 1.63. The van der Waals surface area contributed by atoms with E-state index in [0.717, 1.165) is 17.0 Å². The molecule has 0 aliphatic rings. The first-order valence-corrected chi connectivity index (χ1v) is 6.91. The minimum atomic E-state index is -0.361. The maximum atomic E-state index is 13.3. The Kier molecular flexibility index (Phi) is 4.81. The van der Waals surface area contributed by atoms with Crippen molar-refractivity contribution in [3.63, 3.8) is 0 Å². The summed E-state index contributed by atoms with van der Waals surface area (Å²) in [6.07, 6.45) is 0.637. The van der Waals surface area contributed by atoms with Crippen LogP contribution >= 0.6 is 0 Å². The average molecular weight is 288 g/mol. The molecule has 0 bridgehead atoms. The first kappa shape index (κ1) is 15.3. The van der Waals surface area contributed by atoms with E-state index < -0.39 is 0 Å². The van der Waals surface area contributed by atoms with E-state index in [9.17, 15) is 4.39 Å². The van der Waals surface area contributed by atoms with Crippen molar-refractivity contribution in [2.24, 2.45) is 5.73 Å². The van der Waals surface area contributed by atoms with Crippen molar-refractivity contribution >= 4 is 5.69 Å². The third-order valence-electron chi connectivity index (χ3n) is 3.45. The summed E-state index contributed by atoms with van der Waals surface area (Å²) in [5.74, 6) is 0.554. The first-order chi connectivity index (χ1) is 10.0. The molecule has 2 rings (SSSR count). The molecule has 0 fully saturated rings. The van der Waals surface area contributed by atoms with Crippen molar-refractivity contribution in [1.29, 1.82) is 0 Å². The number of halogens is 1. The van der Waals surface area contributed by atoms with Gasteiger partial charge in [-0.25, -0.2) is 4.39 Å². The summed E-state index contributed by atoms with van der Waals surface area (Å²) >= 11 is 0. The highest BCUT2D eigenvalue weighted by atomic mass is 19.1.